The summed E-state index contributed by atoms with van der Waals surface area (Å²) in [5.74, 6) is -10.7. The van der Waals surface area contributed by atoms with Crippen molar-refractivity contribution in [3.63, 3.8) is 0 Å². The fourth-order valence-corrected chi connectivity index (χ4v) is 1.76. The third-order valence-electron chi connectivity index (χ3n) is 2.13. The fraction of sp³-hybridized carbons (Fsp3) is 0.333. The van der Waals surface area contributed by atoms with Crippen LogP contribution >= 0.6 is 0 Å². The van der Waals surface area contributed by atoms with Crippen molar-refractivity contribution in [2.75, 3.05) is 0 Å². The van der Waals surface area contributed by atoms with E-state index in [-0.39, 0.29) is 6.42 Å². The van der Waals surface area contributed by atoms with Gasteiger partial charge in [0.05, 0.1) is 5.56 Å². The first-order valence-corrected chi connectivity index (χ1v) is 5.63. The number of rotatable bonds is 4. The van der Waals surface area contributed by atoms with Crippen molar-refractivity contribution in [1.82, 2.24) is 0 Å². The monoisotopic (exact) mass is 290 g/mol. The number of hydrogen-bond acceptors (Lipinski definition) is 2. The fourth-order valence-electron chi connectivity index (χ4n) is 1.32. The maximum absolute atomic E-state index is 13.3. The van der Waals surface area contributed by atoms with E-state index in [0.717, 1.165) is 0 Å². The van der Waals surface area contributed by atoms with Crippen LogP contribution in [0.15, 0.2) is 0 Å². The summed E-state index contributed by atoms with van der Waals surface area (Å²) < 4.78 is 88.1. The molecule has 0 bridgehead atoms. The van der Waals surface area contributed by atoms with E-state index < -0.39 is 52.1 Å². The molecule has 1 rings (SSSR count). The van der Waals surface area contributed by atoms with Gasteiger partial charge in [0, 0.05) is 0 Å². The van der Waals surface area contributed by atoms with Crippen LogP contribution in [-0.4, -0.2) is 8.76 Å². The molecule has 0 aliphatic carbocycles. The van der Waals surface area contributed by atoms with Crippen molar-refractivity contribution in [3.05, 3.63) is 34.6 Å². The highest BCUT2D eigenvalue weighted by molar-refractivity contribution is 7.74. The van der Waals surface area contributed by atoms with Gasteiger partial charge in [0.15, 0.2) is 23.3 Å². The van der Waals surface area contributed by atoms with Crippen molar-refractivity contribution >= 4 is 11.4 Å². The first kappa shape index (κ1) is 15.0. The Labute approximate surface area is 101 Å². The second-order valence-electron chi connectivity index (χ2n) is 3.19. The van der Waals surface area contributed by atoms with Crippen molar-refractivity contribution in [1.29, 1.82) is 0 Å². The first-order chi connectivity index (χ1) is 8.31. The summed E-state index contributed by atoms with van der Waals surface area (Å²) in [6, 6.07) is 0. The number of halogens is 5. The lowest BCUT2D eigenvalue weighted by molar-refractivity contribution is 0.188. The SMILES string of the molecule is CCC(OS(=O)O)c1c(F)c(F)c(F)c(F)c1F. The molecule has 0 radical (unpaired) electrons. The highest BCUT2D eigenvalue weighted by Crippen LogP contribution is 2.31. The molecule has 0 fully saturated rings. The third kappa shape index (κ3) is 2.68. The standard InChI is InChI=1S/C9H7F5O3S/c1-2-3(17-18(15)16)4-5(10)7(12)9(14)8(13)6(4)11/h3H,2H2,1H3,(H,15,16). The predicted octanol–water partition coefficient (Wildman–Crippen LogP) is 2.99. The van der Waals surface area contributed by atoms with Gasteiger partial charge in [-0.05, 0) is 6.42 Å². The average Bonchev–Trinajstić information content (AvgIpc) is 2.32. The van der Waals surface area contributed by atoms with E-state index >= 15 is 0 Å². The van der Waals surface area contributed by atoms with Crippen LogP contribution in [0.25, 0.3) is 0 Å². The maximum atomic E-state index is 13.3. The Hall–Kier alpha value is -1.06. The summed E-state index contributed by atoms with van der Waals surface area (Å²) in [5, 5.41) is 0. The topological polar surface area (TPSA) is 46.5 Å². The van der Waals surface area contributed by atoms with Gasteiger partial charge in [-0.25, -0.2) is 22.0 Å². The lowest BCUT2D eigenvalue weighted by atomic mass is 10.0. The molecular formula is C9H7F5O3S. The number of hydrogen-bond donors (Lipinski definition) is 1. The van der Waals surface area contributed by atoms with Crippen LogP contribution in [0.2, 0.25) is 0 Å². The Balaban J connectivity index is 3.43. The van der Waals surface area contributed by atoms with Gasteiger partial charge in [-0.1, -0.05) is 6.92 Å². The molecule has 2 atom stereocenters. The summed E-state index contributed by atoms with van der Waals surface area (Å²) in [6.07, 6.45) is -1.98. The van der Waals surface area contributed by atoms with Gasteiger partial charge in [-0.3, -0.25) is 8.74 Å². The van der Waals surface area contributed by atoms with Crippen LogP contribution in [-0.2, 0) is 15.5 Å². The molecule has 1 aromatic rings. The molecular weight excluding hydrogens is 283 g/mol. The van der Waals surface area contributed by atoms with Gasteiger partial charge in [0.1, 0.15) is 6.10 Å². The molecule has 3 nitrogen and oxygen atoms in total. The quantitative estimate of drug-likeness (QED) is 0.401. The van der Waals surface area contributed by atoms with E-state index in [9.17, 15) is 26.2 Å². The van der Waals surface area contributed by atoms with Gasteiger partial charge in [-0.15, -0.1) is 0 Å². The van der Waals surface area contributed by atoms with Gasteiger partial charge in [-0.2, -0.15) is 4.21 Å². The second-order valence-corrected chi connectivity index (χ2v) is 3.82. The molecule has 0 aliphatic heterocycles. The second kappa shape index (κ2) is 5.72. The Bertz CT molecular complexity index is 465. The first-order valence-electron chi connectivity index (χ1n) is 4.60. The molecule has 0 saturated carbocycles. The average molecular weight is 290 g/mol. The van der Waals surface area contributed by atoms with Gasteiger partial charge >= 0.3 is 11.4 Å². The normalized spacial score (nSPS) is 14.6. The van der Waals surface area contributed by atoms with Crippen LogP contribution in [0.1, 0.15) is 25.0 Å². The van der Waals surface area contributed by atoms with E-state index in [2.05, 4.69) is 4.18 Å². The molecule has 18 heavy (non-hydrogen) atoms. The summed E-state index contributed by atoms with van der Waals surface area (Å²) in [7, 11) is 0. The van der Waals surface area contributed by atoms with Crippen molar-refractivity contribution in [3.8, 4) is 0 Å². The molecule has 0 aliphatic rings. The summed E-state index contributed by atoms with van der Waals surface area (Å²) in [6.45, 7) is 1.29. The van der Waals surface area contributed by atoms with Gasteiger partial charge < -0.3 is 0 Å². The molecule has 0 saturated heterocycles. The smallest absolute Gasteiger partial charge is 0.284 e. The van der Waals surface area contributed by atoms with Crippen molar-refractivity contribution < 1.29 is 34.9 Å². The summed E-state index contributed by atoms with van der Waals surface area (Å²) >= 11 is -2.90. The van der Waals surface area contributed by atoms with Crippen LogP contribution in [0.4, 0.5) is 22.0 Å². The third-order valence-corrected chi connectivity index (χ3v) is 2.53. The molecule has 1 N–H and O–H groups in total. The van der Waals surface area contributed by atoms with E-state index in [1.54, 1.807) is 0 Å². The minimum Gasteiger partial charge on any atom is -0.284 e. The van der Waals surface area contributed by atoms with E-state index in [4.69, 9.17) is 4.55 Å². The minimum absolute atomic E-state index is 0.259. The molecule has 9 heteroatoms. The molecule has 0 heterocycles. The van der Waals surface area contributed by atoms with Crippen molar-refractivity contribution in [2.45, 2.75) is 19.4 Å². The molecule has 2 unspecified atom stereocenters. The Morgan fingerprint density at radius 2 is 1.44 bits per heavy atom. The summed E-state index contributed by atoms with van der Waals surface area (Å²) in [4.78, 5) is 0. The summed E-state index contributed by atoms with van der Waals surface area (Å²) in [5.41, 5.74) is -1.27. The zero-order valence-electron chi connectivity index (χ0n) is 8.85. The van der Waals surface area contributed by atoms with Crippen LogP contribution in [0.5, 0.6) is 0 Å². The predicted molar refractivity (Wildman–Crippen MR) is 51.1 cm³/mol. The van der Waals surface area contributed by atoms with Crippen LogP contribution in [0.3, 0.4) is 0 Å². The van der Waals surface area contributed by atoms with Crippen molar-refractivity contribution in [2.24, 2.45) is 0 Å². The van der Waals surface area contributed by atoms with Crippen LogP contribution in [0, 0.1) is 29.1 Å². The molecule has 102 valence electrons. The highest BCUT2D eigenvalue weighted by atomic mass is 32.2. The van der Waals surface area contributed by atoms with Gasteiger partial charge in [0.25, 0.3) is 0 Å². The molecule has 0 spiro atoms. The maximum Gasteiger partial charge on any atom is 0.302 e. The van der Waals surface area contributed by atoms with E-state index in [1.165, 1.54) is 6.92 Å². The highest BCUT2D eigenvalue weighted by Gasteiger charge is 2.31. The Kier molecular flexibility index (Phi) is 4.77. The molecule has 0 aromatic heterocycles. The molecule has 0 amide bonds. The zero-order valence-corrected chi connectivity index (χ0v) is 9.66. The Morgan fingerprint density at radius 3 is 1.78 bits per heavy atom. The minimum atomic E-state index is -2.90. The van der Waals surface area contributed by atoms with Crippen LogP contribution < -0.4 is 0 Å². The lowest BCUT2D eigenvalue weighted by Crippen LogP contribution is -2.14. The van der Waals surface area contributed by atoms with Gasteiger partial charge in [0.2, 0.25) is 5.82 Å². The number of benzene rings is 1. The zero-order chi connectivity index (χ0) is 14.0. The Morgan fingerprint density at radius 1 is 1.06 bits per heavy atom. The largest absolute Gasteiger partial charge is 0.302 e. The lowest BCUT2D eigenvalue weighted by Gasteiger charge is -2.16. The molecule has 1 aromatic carbocycles. The van der Waals surface area contributed by atoms with E-state index in [0.29, 0.717) is 0 Å². The van der Waals surface area contributed by atoms with E-state index in [1.807, 2.05) is 0 Å².